The summed E-state index contributed by atoms with van der Waals surface area (Å²) in [5, 5.41) is 11.6. The van der Waals surface area contributed by atoms with Gasteiger partial charge in [-0.05, 0) is 35.7 Å². The summed E-state index contributed by atoms with van der Waals surface area (Å²) in [6, 6.07) is 9.95. The summed E-state index contributed by atoms with van der Waals surface area (Å²) in [6.45, 7) is 2.26. The van der Waals surface area contributed by atoms with E-state index in [1.807, 2.05) is 6.92 Å². The number of benzene rings is 2. The van der Waals surface area contributed by atoms with Gasteiger partial charge < -0.3 is 10.5 Å². The van der Waals surface area contributed by atoms with Crippen molar-refractivity contribution in [2.45, 2.75) is 19.9 Å². The van der Waals surface area contributed by atoms with E-state index in [1.54, 1.807) is 30.3 Å². The molecule has 0 aliphatic rings. The summed E-state index contributed by atoms with van der Waals surface area (Å²) in [5.74, 6) is 0.623. The summed E-state index contributed by atoms with van der Waals surface area (Å²) in [5.41, 5.74) is 7.14. The molecule has 21 heavy (non-hydrogen) atoms. The van der Waals surface area contributed by atoms with Crippen LogP contribution in [0.15, 0.2) is 36.4 Å². The zero-order chi connectivity index (χ0) is 15.4. The molecule has 2 rings (SSSR count). The minimum absolute atomic E-state index is 0.0617. The number of nitro benzene ring substituents is 1. The lowest BCUT2D eigenvalue weighted by Gasteiger charge is -2.09. The van der Waals surface area contributed by atoms with Gasteiger partial charge in [-0.2, -0.15) is 0 Å². The van der Waals surface area contributed by atoms with E-state index in [-0.39, 0.29) is 11.4 Å². The van der Waals surface area contributed by atoms with Crippen LogP contribution in [0.25, 0.3) is 0 Å². The van der Waals surface area contributed by atoms with Crippen molar-refractivity contribution in [3.63, 3.8) is 0 Å². The lowest BCUT2D eigenvalue weighted by molar-refractivity contribution is -0.385. The second kappa shape index (κ2) is 6.56. The maximum atomic E-state index is 11.1. The maximum absolute atomic E-state index is 11.1. The SMILES string of the molecule is CCc1ccc(Oc2ccc(CN)c(Cl)c2)c([N+](=O)[O-])c1. The third kappa shape index (κ3) is 3.51. The molecule has 0 fully saturated rings. The van der Waals surface area contributed by atoms with E-state index in [0.29, 0.717) is 17.3 Å². The van der Waals surface area contributed by atoms with E-state index in [1.165, 1.54) is 6.07 Å². The molecule has 0 bridgehead atoms. The molecule has 0 radical (unpaired) electrons. The first kappa shape index (κ1) is 15.3. The molecule has 6 heteroatoms. The van der Waals surface area contributed by atoms with Crippen LogP contribution in [0.4, 0.5) is 5.69 Å². The number of nitrogens with zero attached hydrogens (tertiary/aromatic N) is 1. The number of ether oxygens (including phenoxy) is 1. The van der Waals surface area contributed by atoms with E-state index in [9.17, 15) is 10.1 Å². The van der Waals surface area contributed by atoms with Crippen LogP contribution < -0.4 is 10.5 Å². The van der Waals surface area contributed by atoms with Gasteiger partial charge in [0.05, 0.1) is 4.92 Å². The predicted molar refractivity (Wildman–Crippen MR) is 81.9 cm³/mol. The summed E-state index contributed by atoms with van der Waals surface area (Å²) in [7, 11) is 0. The average Bonchev–Trinajstić information content (AvgIpc) is 2.47. The first-order chi connectivity index (χ1) is 10.0. The van der Waals surface area contributed by atoms with Gasteiger partial charge in [0.25, 0.3) is 0 Å². The van der Waals surface area contributed by atoms with Crippen LogP contribution in [0.2, 0.25) is 5.02 Å². The number of aryl methyl sites for hydroxylation is 1. The minimum Gasteiger partial charge on any atom is -0.450 e. The number of rotatable bonds is 5. The number of halogens is 1. The smallest absolute Gasteiger partial charge is 0.311 e. The molecule has 0 heterocycles. The Balaban J connectivity index is 2.35. The highest BCUT2D eigenvalue weighted by Gasteiger charge is 2.16. The van der Waals surface area contributed by atoms with E-state index in [0.717, 1.165) is 17.5 Å². The zero-order valence-corrected chi connectivity index (χ0v) is 12.3. The normalized spacial score (nSPS) is 10.4. The Bertz CT molecular complexity index is 674. The fourth-order valence-electron chi connectivity index (χ4n) is 1.90. The van der Waals surface area contributed by atoms with Gasteiger partial charge in [-0.3, -0.25) is 10.1 Å². The lowest BCUT2D eigenvalue weighted by Crippen LogP contribution is -1.98. The van der Waals surface area contributed by atoms with Crippen molar-refractivity contribution in [2.24, 2.45) is 5.73 Å². The predicted octanol–water partition coefficient (Wildman–Crippen LogP) is 4.06. The van der Waals surface area contributed by atoms with Crippen molar-refractivity contribution in [3.05, 3.63) is 62.7 Å². The Kier molecular flexibility index (Phi) is 4.77. The van der Waals surface area contributed by atoms with Crippen molar-refractivity contribution in [2.75, 3.05) is 0 Å². The van der Waals surface area contributed by atoms with Crippen LogP contribution in [-0.4, -0.2) is 4.92 Å². The average molecular weight is 307 g/mol. The number of nitro groups is 1. The van der Waals surface area contributed by atoms with Gasteiger partial charge in [0.1, 0.15) is 5.75 Å². The minimum atomic E-state index is -0.454. The van der Waals surface area contributed by atoms with Crippen LogP contribution in [0.1, 0.15) is 18.1 Å². The summed E-state index contributed by atoms with van der Waals surface area (Å²) in [6.07, 6.45) is 0.720. The van der Waals surface area contributed by atoms with Gasteiger partial charge in [-0.15, -0.1) is 0 Å². The summed E-state index contributed by atoms with van der Waals surface area (Å²) >= 11 is 6.05. The molecule has 0 aliphatic carbocycles. The number of hydrogen-bond donors (Lipinski definition) is 1. The van der Waals surface area contributed by atoms with Crippen molar-refractivity contribution in [1.82, 2.24) is 0 Å². The molecule has 0 saturated carbocycles. The molecule has 110 valence electrons. The Morgan fingerprint density at radius 3 is 2.62 bits per heavy atom. The maximum Gasteiger partial charge on any atom is 0.311 e. The molecular formula is C15H15ClN2O3. The summed E-state index contributed by atoms with van der Waals surface area (Å²) < 4.78 is 5.58. The van der Waals surface area contributed by atoms with Gasteiger partial charge in [-0.25, -0.2) is 0 Å². The highest BCUT2D eigenvalue weighted by Crippen LogP contribution is 2.33. The fraction of sp³-hybridized carbons (Fsp3) is 0.200. The molecule has 0 atom stereocenters. The Hall–Kier alpha value is -2.11. The van der Waals surface area contributed by atoms with Gasteiger partial charge in [0.2, 0.25) is 5.75 Å². The standard InChI is InChI=1S/C15H15ClN2O3/c1-2-10-3-6-15(14(7-10)18(19)20)21-12-5-4-11(9-17)13(16)8-12/h3-8H,2,9,17H2,1H3. The van der Waals surface area contributed by atoms with Crippen molar-refractivity contribution < 1.29 is 9.66 Å². The van der Waals surface area contributed by atoms with E-state index >= 15 is 0 Å². The molecule has 0 amide bonds. The third-order valence-electron chi connectivity index (χ3n) is 3.10. The molecular weight excluding hydrogens is 292 g/mol. The van der Waals surface area contributed by atoms with Crippen molar-refractivity contribution in [1.29, 1.82) is 0 Å². The van der Waals surface area contributed by atoms with E-state index < -0.39 is 4.92 Å². The summed E-state index contributed by atoms with van der Waals surface area (Å²) in [4.78, 5) is 10.7. The van der Waals surface area contributed by atoms with Crippen molar-refractivity contribution in [3.8, 4) is 11.5 Å². The molecule has 0 unspecified atom stereocenters. The number of hydrogen-bond acceptors (Lipinski definition) is 4. The van der Waals surface area contributed by atoms with Crippen LogP contribution in [0.5, 0.6) is 11.5 Å². The van der Waals surface area contributed by atoms with Gasteiger partial charge in [0, 0.05) is 17.6 Å². The molecule has 0 saturated heterocycles. The van der Waals surface area contributed by atoms with Crippen LogP contribution >= 0.6 is 11.6 Å². The first-order valence-electron chi connectivity index (χ1n) is 6.48. The monoisotopic (exact) mass is 306 g/mol. The second-order valence-corrected chi connectivity index (χ2v) is 4.88. The van der Waals surface area contributed by atoms with Gasteiger partial charge in [-0.1, -0.05) is 30.7 Å². The highest BCUT2D eigenvalue weighted by molar-refractivity contribution is 6.31. The largest absolute Gasteiger partial charge is 0.450 e. The van der Waals surface area contributed by atoms with Crippen LogP contribution in [-0.2, 0) is 13.0 Å². The van der Waals surface area contributed by atoms with Crippen LogP contribution in [0.3, 0.4) is 0 Å². The van der Waals surface area contributed by atoms with E-state index in [4.69, 9.17) is 22.1 Å². The molecule has 2 aromatic carbocycles. The molecule has 0 aliphatic heterocycles. The second-order valence-electron chi connectivity index (χ2n) is 4.47. The Labute approximate surface area is 127 Å². The van der Waals surface area contributed by atoms with Gasteiger partial charge in [0.15, 0.2) is 0 Å². The topological polar surface area (TPSA) is 78.4 Å². The molecule has 2 N–H and O–H groups in total. The Morgan fingerprint density at radius 2 is 2.05 bits per heavy atom. The molecule has 0 aromatic heterocycles. The zero-order valence-electron chi connectivity index (χ0n) is 11.5. The number of nitrogens with two attached hydrogens (primary N) is 1. The van der Waals surface area contributed by atoms with E-state index in [2.05, 4.69) is 0 Å². The molecule has 2 aromatic rings. The first-order valence-corrected chi connectivity index (χ1v) is 6.86. The highest BCUT2D eigenvalue weighted by atomic mass is 35.5. The van der Waals surface area contributed by atoms with Crippen molar-refractivity contribution >= 4 is 17.3 Å². The molecule has 5 nitrogen and oxygen atoms in total. The quantitative estimate of drug-likeness (QED) is 0.667. The fourth-order valence-corrected chi connectivity index (χ4v) is 2.14. The Morgan fingerprint density at radius 1 is 1.29 bits per heavy atom. The molecule has 0 spiro atoms. The third-order valence-corrected chi connectivity index (χ3v) is 3.45. The lowest BCUT2D eigenvalue weighted by atomic mass is 10.1. The van der Waals surface area contributed by atoms with Crippen LogP contribution in [0, 0.1) is 10.1 Å². The van der Waals surface area contributed by atoms with Gasteiger partial charge >= 0.3 is 5.69 Å².